The minimum atomic E-state index is -4.49. The maximum Gasteiger partial charge on any atom is 0.416 e. The number of carbonyl (C=O) groups is 1. The van der Waals surface area contributed by atoms with Crippen LogP contribution < -0.4 is 0 Å². The van der Waals surface area contributed by atoms with E-state index >= 15 is 0 Å². The number of halogens is 4. The molecule has 0 spiro atoms. The number of carbonyl (C=O) groups excluding carboxylic acids is 1. The second-order valence-electron chi connectivity index (χ2n) is 9.62. The Hall–Kier alpha value is -3.03. The maximum atomic E-state index is 14.2. The van der Waals surface area contributed by atoms with Gasteiger partial charge >= 0.3 is 6.18 Å². The third-order valence-corrected chi connectivity index (χ3v) is 9.87. The molecule has 2 aromatic carbocycles. The molecule has 0 saturated heterocycles. The van der Waals surface area contributed by atoms with Crippen LogP contribution in [0.25, 0.3) is 27.5 Å². The number of rotatable bonds is 10. The summed E-state index contributed by atoms with van der Waals surface area (Å²) in [6.45, 7) is 7.23. The van der Waals surface area contributed by atoms with Gasteiger partial charge < -0.3 is 0 Å². The van der Waals surface area contributed by atoms with Crippen LogP contribution in [0.15, 0.2) is 52.7 Å². The first-order valence-electron chi connectivity index (χ1n) is 12.6. The summed E-state index contributed by atoms with van der Waals surface area (Å²) in [5, 5.41) is 4.85. The van der Waals surface area contributed by atoms with Crippen molar-refractivity contribution in [2.45, 2.75) is 49.8 Å². The average molecular weight is 626 g/mol. The quantitative estimate of drug-likeness (QED) is 0.102. The molecule has 0 atom stereocenters. The zero-order chi connectivity index (χ0) is 30.1. The summed E-state index contributed by atoms with van der Waals surface area (Å²) in [4.78, 5) is 18.3. The predicted molar refractivity (Wildman–Crippen MR) is 154 cm³/mol. The highest BCUT2D eigenvalue weighted by molar-refractivity contribution is 8.01. The van der Waals surface area contributed by atoms with E-state index in [9.17, 15) is 30.8 Å². The van der Waals surface area contributed by atoms with Crippen molar-refractivity contribution >= 4 is 38.7 Å². The molecule has 2 aromatic heterocycles. The average Bonchev–Trinajstić information content (AvgIpc) is 3.43. The van der Waals surface area contributed by atoms with Crippen LogP contribution in [-0.2, 0) is 16.0 Å². The molecule has 0 amide bonds. The lowest BCUT2D eigenvalue weighted by atomic mass is 10.0. The predicted octanol–water partition coefficient (Wildman–Crippen LogP) is 7.64. The van der Waals surface area contributed by atoms with E-state index in [1.807, 2.05) is 13.8 Å². The van der Waals surface area contributed by atoms with Gasteiger partial charge in [0.05, 0.1) is 26.9 Å². The molecular formula is C28H27F4N3O3S3. The summed E-state index contributed by atoms with van der Waals surface area (Å²) in [6, 6.07) is 10.2. The fourth-order valence-electron chi connectivity index (χ4n) is 4.24. The fourth-order valence-corrected chi connectivity index (χ4v) is 8.02. The summed E-state index contributed by atoms with van der Waals surface area (Å²) >= 11 is 2.63. The molecule has 4 aromatic rings. The zero-order valence-electron chi connectivity index (χ0n) is 22.6. The Bertz CT molecular complexity index is 1680. The molecule has 0 N–H and O–H groups in total. The number of Topliss-reactive ketones (excluding diaryl/α,β-unsaturated/α-hetero) is 1. The summed E-state index contributed by atoms with van der Waals surface area (Å²) in [5.74, 6) is -2.20. The van der Waals surface area contributed by atoms with E-state index in [4.69, 9.17) is 0 Å². The molecule has 0 aliphatic heterocycles. The normalized spacial score (nSPS) is 12.3. The van der Waals surface area contributed by atoms with Crippen molar-refractivity contribution in [2.75, 3.05) is 11.5 Å². The standard InChI is InChI=1S/C28H27F4N3O3S3/c1-5-13-41(37,38)15-22(36)25-23(19-7-6-8-21(29)14-19)17(4)34-35(25)27-33-24(26(40-27)39-16(2)3)18-9-11-20(12-10-18)28(30,31)32/h6-12,14,16H,5,13,15H2,1-4H3. The van der Waals surface area contributed by atoms with Crippen molar-refractivity contribution < 1.29 is 30.8 Å². The van der Waals surface area contributed by atoms with Crippen LogP contribution in [-0.4, -0.2) is 45.7 Å². The summed E-state index contributed by atoms with van der Waals surface area (Å²) in [5.41, 5.74) is 0.995. The lowest BCUT2D eigenvalue weighted by Gasteiger charge is -2.08. The Morgan fingerprint density at radius 2 is 1.78 bits per heavy atom. The van der Waals surface area contributed by atoms with E-state index in [1.54, 1.807) is 19.9 Å². The van der Waals surface area contributed by atoms with Crippen LogP contribution in [0.1, 0.15) is 48.9 Å². The Balaban J connectivity index is 1.92. The molecule has 218 valence electrons. The maximum absolute atomic E-state index is 14.2. The van der Waals surface area contributed by atoms with Crippen molar-refractivity contribution in [1.82, 2.24) is 14.8 Å². The van der Waals surface area contributed by atoms with Gasteiger partial charge in [-0.15, -0.1) is 11.8 Å². The van der Waals surface area contributed by atoms with Gasteiger partial charge in [0.2, 0.25) is 5.13 Å². The minimum Gasteiger partial charge on any atom is -0.291 e. The number of aromatic nitrogens is 3. The third kappa shape index (κ3) is 7.07. The molecule has 13 heteroatoms. The molecule has 0 fully saturated rings. The number of alkyl halides is 3. The first kappa shape index (κ1) is 30.9. The van der Waals surface area contributed by atoms with E-state index in [2.05, 4.69) is 10.1 Å². The topological polar surface area (TPSA) is 81.9 Å². The number of nitrogens with zero attached hydrogens (tertiary/aromatic N) is 3. The number of thioether (sulfide) groups is 1. The summed E-state index contributed by atoms with van der Waals surface area (Å²) in [6.07, 6.45) is -4.15. The number of ketones is 1. The Labute approximate surface area is 243 Å². The van der Waals surface area contributed by atoms with E-state index in [1.165, 1.54) is 58.1 Å². The summed E-state index contributed by atoms with van der Waals surface area (Å²) < 4.78 is 80.9. The van der Waals surface area contributed by atoms with Crippen LogP contribution in [0.3, 0.4) is 0 Å². The number of hydrogen-bond donors (Lipinski definition) is 0. The lowest BCUT2D eigenvalue weighted by molar-refractivity contribution is -0.137. The SMILES string of the molecule is CCCS(=O)(=O)CC(=O)c1c(-c2cccc(F)c2)c(C)nn1-c1nc(-c2ccc(C(F)(F)F)cc2)c(SC(C)C)s1. The second kappa shape index (κ2) is 12.1. The number of sulfone groups is 1. The molecule has 0 saturated carbocycles. The Morgan fingerprint density at radius 1 is 1.10 bits per heavy atom. The van der Waals surface area contributed by atoms with Gasteiger partial charge in [0.15, 0.2) is 15.6 Å². The van der Waals surface area contributed by atoms with Gasteiger partial charge in [-0.05, 0) is 43.2 Å². The number of benzene rings is 2. The second-order valence-corrected chi connectivity index (χ2v) is 14.6. The molecule has 6 nitrogen and oxygen atoms in total. The van der Waals surface area contributed by atoms with Gasteiger partial charge in [-0.1, -0.05) is 56.4 Å². The number of thiazole rings is 1. The van der Waals surface area contributed by atoms with E-state index in [-0.39, 0.29) is 27.4 Å². The van der Waals surface area contributed by atoms with Gasteiger partial charge in [0.1, 0.15) is 17.3 Å². The van der Waals surface area contributed by atoms with Gasteiger partial charge in [-0.2, -0.15) is 18.3 Å². The molecule has 41 heavy (non-hydrogen) atoms. The third-order valence-electron chi connectivity index (χ3n) is 5.90. The van der Waals surface area contributed by atoms with Gasteiger partial charge in [-0.3, -0.25) is 4.79 Å². The van der Waals surface area contributed by atoms with Crippen LogP contribution >= 0.6 is 23.1 Å². The van der Waals surface area contributed by atoms with Crippen LogP contribution in [0, 0.1) is 12.7 Å². The van der Waals surface area contributed by atoms with Crippen molar-refractivity contribution in [3.05, 3.63) is 71.3 Å². The van der Waals surface area contributed by atoms with Crippen molar-refractivity contribution in [2.24, 2.45) is 0 Å². The number of hydrogen-bond acceptors (Lipinski definition) is 7. The van der Waals surface area contributed by atoms with Crippen molar-refractivity contribution in [1.29, 1.82) is 0 Å². The van der Waals surface area contributed by atoms with Crippen LogP contribution in [0.4, 0.5) is 17.6 Å². The highest BCUT2D eigenvalue weighted by Crippen LogP contribution is 2.41. The Kier molecular flexibility index (Phi) is 9.10. The lowest BCUT2D eigenvalue weighted by Crippen LogP contribution is -2.22. The smallest absolute Gasteiger partial charge is 0.291 e. The largest absolute Gasteiger partial charge is 0.416 e. The zero-order valence-corrected chi connectivity index (χ0v) is 25.1. The molecule has 0 radical (unpaired) electrons. The molecule has 0 unspecified atom stereocenters. The van der Waals surface area contributed by atoms with Gasteiger partial charge in [0, 0.05) is 16.4 Å². The monoisotopic (exact) mass is 625 g/mol. The minimum absolute atomic E-state index is 0.0541. The van der Waals surface area contributed by atoms with Gasteiger partial charge in [-0.25, -0.2) is 22.5 Å². The summed E-state index contributed by atoms with van der Waals surface area (Å²) in [7, 11) is -3.73. The molecule has 2 heterocycles. The fraction of sp³-hybridized carbons (Fsp3) is 0.321. The highest BCUT2D eigenvalue weighted by atomic mass is 32.2. The van der Waals surface area contributed by atoms with Crippen molar-refractivity contribution in [3.8, 4) is 27.5 Å². The molecule has 0 aliphatic rings. The van der Waals surface area contributed by atoms with Crippen LogP contribution in [0.2, 0.25) is 0 Å². The van der Waals surface area contributed by atoms with Gasteiger partial charge in [0.25, 0.3) is 0 Å². The van der Waals surface area contributed by atoms with E-state index in [0.717, 1.165) is 12.1 Å². The molecule has 0 aliphatic carbocycles. The number of aryl methyl sites for hydroxylation is 1. The van der Waals surface area contributed by atoms with Crippen molar-refractivity contribution in [3.63, 3.8) is 0 Å². The molecule has 4 rings (SSSR count). The Morgan fingerprint density at radius 3 is 2.37 bits per heavy atom. The first-order chi connectivity index (χ1) is 19.2. The highest BCUT2D eigenvalue weighted by Gasteiger charge is 2.31. The first-order valence-corrected chi connectivity index (χ1v) is 16.2. The van der Waals surface area contributed by atoms with E-state index < -0.39 is 38.9 Å². The molecular weight excluding hydrogens is 599 g/mol. The van der Waals surface area contributed by atoms with E-state index in [0.29, 0.717) is 33.1 Å². The van der Waals surface area contributed by atoms with Crippen LogP contribution in [0.5, 0.6) is 0 Å². The molecule has 0 bridgehead atoms.